The lowest BCUT2D eigenvalue weighted by Gasteiger charge is -2.13. The van der Waals surface area contributed by atoms with Crippen LogP contribution in [0.3, 0.4) is 0 Å². The van der Waals surface area contributed by atoms with Gasteiger partial charge in [-0.05, 0) is 12.1 Å². The van der Waals surface area contributed by atoms with Gasteiger partial charge >= 0.3 is 5.97 Å². The van der Waals surface area contributed by atoms with Crippen LogP contribution in [0.5, 0.6) is 17.2 Å². The van der Waals surface area contributed by atoms with Gasteiger partial charge in [-0.3, -0.25) is 0 Å². The molecule has 0 aliphatic carbocycles. The van der Waals surface area contributed by atoms with Crippen LogP contribution in [0.4, 0.5) is 0 Å². The fourth-order valence-corrected chi connectivity index (χ4v) is 1.79. The molecule has 0 aliphatic rings. The zero-order chi connectivity index (χ0) is 15.2. The monoisotopic (exact) mass is 328 g/mol. The Morgan fingerprint density at radius 2 is 1.77 bits per heavy atom. The number of nitrogens with zero attached hydrogens (tertiary/aromatic N) is 1. The Kier molecular flexibility index (Phi) is 6.52. The van der Waals surface area contributed by atoms with E-state index in [2.05, 4.69) is 9.97 Å². The summed E-state index contributed by atoms with van der Waals surface area (Å²) in [4.78, 5) is 18.8. The summed E-state index contributed by atoms with van der Waals surface area (Å²) in [6, 6.07) is 3.08. The molecule has 7 nitrogen and oxygen atoms in total. The summed E-state index contributed by atoms with van der Waals surface area (Å²) >= 11 is 0. The van der Waals surface area contributed by atoms with Gasteiger partial charge in [0.05, 0.1) is 45.1 Å². The Labute approximate surface area is 134 Å². The van der Waals surface area contributed by atoms with Crippen molar-refractivity contribution in [2.45, 2.75) is 6.61 Å². The fraction of sp³-hybridized carbons (Fsp3) is 0.286. The zero-order valence-corrected chi connectivity index (χ0v) is 13.2. The van der Waals surface area contributed by atoms with Crippen molar-refractivity contribution in [3.05, 3.63) is 35.9 Å². The second kappa shape index (κ2) is 8.14. The van der Waals surface area contributed by atoms with Crippen LogP contribution in [0.15, 0.2) is 24.7 Å². The number of H-pyrrole nitrogens is 1. The Balaban J connectivity index is 0.00000242. The molecule has 1 N–H and O–H groups in total. The summed E-state index contributed by atoms with van der Waals surface area (Å²) < 4.78 is 20.8. The van der Waals surface area contributed by atoms with E-state index in [1.165, 1.54) is 39.8 Å². The van der Waals surface area contributed by atoms with E-state index in [-0.39, 0.29) is 19.0 Å². The smallest absolute Gasteiger partial charge is 0.338 e. The number of aromatic amines is 1. The van der Waals surface area contributed by atoms with Gasteiger partial charge in [-0.1, -0.05) is 0 Å². The van der Waals surface area contributed by atoms with Crippen molar-refractivity contribution in [1.82, 2.24) is 9.97 Å². The summed E-state index contributed by atoms with van der Waals surface area (Å²) in [5.41, 5.74) is 1.01. The molecule has 2 rings (SSSR count). The van der Waals surface area contributed by atoms with Crippen molar-refractivity contribution < 1.29 is 23.7 Å². The number of imidazole rings is 1. The molecule has 0 aliphatic heterocycles. The molecular formula is C14H17ClN2O5. The molecule has 0 saturated carbocycles. The van der Waals surface area contributed by atoms with Gasteiger partial charge in [0.1, 0.15) is 6.61 Å². The Morgan fingerprint density at radius 3 is 2.23 bits per heavy atom. The van der Waals surface area contributed by atoms with E-state index in [0.29, 0.717) is 28.5 Å². The number of methoxy groups -OCH3 is 3. The molecule has 2 aromatic rings. The van der Waals surface area contributed by atoms with Crippen LogP contribution in [-0.4, -0.2) is 37.3 Å². The van der Waals surface area contributed by atoms with E-state index in [1.54, 1.807) is 6.20 Å². The zero-order valence-electron chi connectivity index (χ0n) is 12.4. The molecule has 1 aromatic carbocycles. The molecule has 0 saturated heterocycles. The SMILES string of the molecule is COc1cc(C(=O)OCc2cnc[nH]2)cc(OC)c1OC.Cl. The van der Waals surface area contributed by atoms with Crippen LogP contribution in [0, 0.1) is 0 Å². The normalized spacial score (nSPS) is 9.59. The number of benzene rings is 1. The average molecular weight is 329 g/mol. The molecule has 0 unspecified atom stereocenters. The first-order valence-corrected chi connectivity index (χ1v) is 6.14. The van der Waals surface area contributed by atoms with Gasteiger partial charge in [0, 0.05) is 0 Å². The maximum atomic E-state index is 12.1. The molecule has 0 amide bonds. The predicted octanol–water partition coefficient (Wildman–Crippen LogP) is 2.21. The van der Waals surface area contributed by atoms with Crippen LogP contribution in [0.1, 0.15) is 16.1 Å². The highest BCUT2D eigenvalue weighted by atomic mass is 35.5. The Bertz CT molecular complexity index is 591. The third kappa shape index (κ3) is 3.82. The molecule has 120 valence electrons. The standard InChI is InChI=1S/C14H16N2O5.ClH/c1-18-11-4-9(5-12(19-2)13(11)20-3)14(17)21-7-10-6-15-8-16-10;/h4-6,8H,7H2,1-3H3,(H,15,16);1H. The van der Waals surface area contributed by atoms with Crippen LogP contribution in [0.25, 0.3) is 0 Å². The summed E-state index contributed by atoms with van der Waals surface area (Å²) in [5, 5.41) is 0. The van der Waals surface area contributed by atoms with Gasteiger partial charge in [-0.25, -0.2) is 9.78 Å². The number of hydrogen-bond donors (Lipinski definition) is 1. The summed E-state index contributed by atoms with van der Waals surface area (Å²) in [5.74, 6) is 0.713. The first-order chi connectivity index (χ1) is 10.2. The minimum absolute atomic E-state index is 0. The first-order valence-electron chi connectivity index (χ1n) is 6.14. The number of nitrogens with one attached hydrogen (secondary N) is 1. The molecule has 1 aromatic heterocycles. The van der Waals surface area contributed by atoms with E-state index in [1.807, 2.05) is 0 Å². The van der Waals surface area contributed by atoms with Crippen molar-refractivity contribution in [3.63, 3.8) is 0 Å². The fourth-order valence-electron chi connectivity index (χ4n) is 1.79. The van der Waals surface area contributed by atoms with E-state index >= 15 is 0 Å². The minimum Gasteiger partial charge on any atom is -0.493 e. The second-order valence-corrected chi connectivity index (χ2v) is 4.07. The van der Waals surface area contributed by atoms with Crippen LogP contribution >= 0.6 is 12.4 Å². The molecule has 0 bridgehead atoms. The summed E-state index contributed by atoms with van der Waals surface area (Å²) in [7, 11) is 4.46. The number of halogens is 1. The molecule has 1 heterocycles. The number of carbonyl (C=O) groups is 1. The summed E-state index contributed by atoms with van der Waals surface area (Å²) in [6.45, 7) is 0.107. The molecule has 0 radical (unpaired) electrons. The molecule has 22 heavy (non-hydrogen) atoms. The number of aromatic nitrogens is 2. The Hall–Kier alpha value is -2.41. The maximum absolute atomic E-state index is 12.1. The summed E-state index contributed by atoms with van der Waals surface area (Å²) in [6.07, 6.45) is 3.10. The highest BCUT2D eigenvalue weighted by Gasteiger charge is 2.18. The number of ether oxygens (including phenoxy) is 4. The third-order valence-electron chi connectivity index (χ3n) is 2.81. The highest BCUT2D eigenvalue weighted by Crippen LogP contribution is 2.38. The van der Waals surface area contributed by atoms with Crippen LogP contribution in [-0.2, 0) is 11.3 Å². The Morgan fingerprint density at radius 1 is 1.14 bits per heavy atom. The molecule has 8 heteroatoms. The van der Waals surface area contributed by atoms with Crippen molar-refractivity contribution in [1.29, 1.82) is 0 Å². The van der Waals surface area contributed by atoms with Gasteiger partial charge in [0.2, 0.25) is 5.75 Å². The number of rotatable bonds is 6. The van der Waals surface area contributed by atoms with Gasteiger partial charge in [0.15, 0.2) is 11.5 Å². The van der Waals surface area contributed by atoms with E-state index in [0.717, 1.165) is 0 Å². The van der Waals surface area contributed by atoms with Crippen molar-refractivity contribution >= 4 is 18.4 Å². The van der Waals surface area contributed by atoms with Crippen molar-refractivity contribution in [3.8, 4) is 17.2 Å². The van der Waals surface area contributed by atoms with Gasteiger partial charge in [0.25, 0.3) is 0 Å². The largest absolute Gasteiger partial charge is 0.493 e. The average Bonchev–Trinajstić information content (AvgIpc) is 3.04. The van der Waals surface area contributed by atoms with E-state index in [9.17, 15) is 4.79 Å². The van der Waals surface area contributed by atoms with Crippen molar-refractivity contribution in [2.24, 2.45) is 0 Å². The number of hydrogen-bond acceptors (Lipinski definition) is 6. The lowest BCUT2D eigenvalue weighted by Crippen LogP contribution is -2.07. The van der Waals surface area contributed by atoms with Crippen LogP contribution in [0.2, 0.25) is 0 Å². The third-order valence-corrected chi connectivity index (χ3v) is 2.81. The minimum atomic E-state index is -0.496. The molecule has 0 fully saturated rings. The van der Waals surface area contributed by atoms with Gasteiger partial charge in [-0.2, -0.15) is 0 Å². The van der Waals surface area contributed by atoms with E-state index < -0.39 is 5.97 Å². The van der Waals surface area contributed by atoms with Gasteiger partial charge < -0.3 is 23.9 Å². The highest BCUT2D eigenvalue weighted by molar-refractivity contribution is 5.91. The lowest BCUT2D eigenvalue weighted by molar-refractivity contribution is 0.0467. The van der Waals surface area contributed by atoms with Crippen LogP contribution < -0.4 is 14.2 Å². The second-order valence-electron chi connectivity index (χ2n) is 4.07. The lowest BCUT2D eigenvalue weighted by atomic mass is 10.2. The van der Waals surface area contributed by atoms with Gasteiger partial charge in [-0.15, -0.1) is 12.4 Å². The topological polar surface area (TPSA) is 82.7 Å². The quantitative estimate of drug-likeness (QED) is 0.819. The maximum Gasteiger partial charge on any atom is 0.338 e. The van der Waals surface area contributed by atoms with Crippen molar-refractivity contribution in [2.75, 3.05) is 21.3 Å². The molecule has 0 atom stereocenters. The van der Waals surface area contributed by atoms with E-state index in [4.69, 9.17) is 18.9 Å². The first kappa shape index (κ1) is 17.6. The number of carbonyl (C=O) groups excluding carboxylic acids is 1. The predicted molar refractivity (Wildman–Crippen MR) is 81.1 cm³/mol. The molecular weight excluding hydrogens is 312 g/mol. The molecule has 0 spiro atoms. The number of esters is 1.